The number of allylic oxidation sites excluding steroid dienone is 2. The summed E-state index contributed by atoms with van der Waals surface area (Å²) in [4.78, 5) is 26.1. The van der Waals surface area contributed by atoms with Crippen LogP contribution < -0.4 is 10.7 Å². The molecule has 4 aromatic heterocycles. The van der Waals surface area contributed by atoms with E-state index in [0.717, 1.165) is 100 Å². The van der Waals surface area contributed by atoms with Gasteiger partial charge in [-0.25, -0.2) is 20.4 Å². The molecule has 4 saturated heterocycles. The number of hydrogen-bond acceptors (Lipinski definition) is 11. The van der Waals surface area contributed by atoms with Gasteiger partial charge in [-0.3, -0.25) is 19.7 Å². The Hall–Kier alpha value is -4.72. The lowest BCUT2D eigenvalue weighted by Crippen LogP contribution is -2.68. The van der Waals surface area contributed by atoms with Gasteiger partial charge in [0.05, 0.1) is 34.7 Å². The van der Waals surface area contributed by atoms with Crippen LogP contribution in [0.2, 0.25) is 0 Å². The average molecular weight is 976 g/mol. The average Bonchev–Trinajstić information content (AvgIpc) is 4.15. The fourth-order valence-electron chi connectivity index (χ4n) is 12.7. The lowest BCUT2D eigenvalue weighted by atomic mass is 9.80. The number of thiazole rings is 1. The van der Waals surface area contributed by atoms with E-state index < -0.39 is 0 Å². The van der Waals surface area contributed by atoms with Crippen LogP contribution in [-0.4, -0.2) is 121 Å². The van der Waals surface area contributed by atoms with Gasteiger partial charge in [0.2, 0.25) is 0 Å². The van der Waals surface area contributed by atoms with Gasteiger partial charge in [0.25, 0.3) is 0 Å². The summed E-state index contributed by atoms with van der Waals surface area (Å²) < 4.78 is 2.71. The van der Waals surface area contributed by atoms with Gasteiger partial charge in [-0.15, -0.1) is 17.9 Å². The number of rotatable bonds is 19. The van der Waals surface area contributed by atoms with Crippen molar-refractivity contribution < 1.29 is 0 Å². The monoisotopic (exact) mass is 976 g/mol. The highest BCUT2D eigenvalue weighted by Gasteiger charge is 2.52. The zero-order valence-electron chi connectivity index (χ0n) is 43.8. The number of fused-ring (bicyclic) bond motifs is 1. The maximum atomic E-state index is 4.99. The first-order valence-corrected chi connectivity index (χ1v) is 28.0. The van der Waals surface area contributed by atoms with E-state index in [1.54, 1.807) is 17.7 Å². The van der Waals surface area contributed by atoms with Gasteiger partial charge in [-0.1, -0.05) is 59.9 Å². The molecule has 378 valence electrons. The summed E-state index contributed by atoms with van der Waals surface area (Å²) in [5.41, 5.74) is 18.5. The molecule has 0 radical (unpaired) electrons. The maximum Gasteiger partial charge on any atom is 0.115 e. The number of hydrogen-bond donors (Lipinski definition) is 2. The van der Waals surface area contributed by atoms with E-state index in [9.17, 15) is 0 Å². The molecule has 4 unspecified atom stereocenters. The van der Waals surface area contributed by atoms with Crippen LogP contribution in [0.4, 0.5) is 0 Å². The van der Waals surface area contributed by atoms with Gasteiger partial charge in [-0.2, -0.15) is 0 Å². The Morgan fingerprint density at radius 2 is 1.86 bits per heavy atom. The largest absolute Gasteiger partial charge is 0.379 e. The van der Waals surface area contributed by atoms with E-state index in [4.69, 9.17) is 4.98 Å². The summed E-state index contributed by atoms with van der Waals surface area (Å²) in [7, 11) is 2.29. The highest BCUT2D eigenvalue weighted by atomic mass is 32.1. The Kier molecular flexibility index (Phi) is 14.8. The third-order valence-corrected chi connectivity index (χ3v) is 18.0. The number of nitrogens with one attached hydrogen (secondary N) is 2. The van der Waals surface area contributed by atoms with Crippen molar-refractivity contribution in [3.05, 3.63) is 120 Å². The van der Waals surface area contributed by atoms with E-state index in [0.29, 0.717) is 35.3 Å². The fourth-order valence-corrected chi connectivity index (χ4v) is 13.2. The highest BCUT2D eigenvalue weighted by molar-refractivity contribution is 7.07. The molecule has 6 fully saturated rings. The number of hydrazine groups is 1. The minimum absolute atomic E-state index is 0.150. The fraction of sp³-hybridized carbons (Fsp3) is 0.559. The second kappa shape index (κ2) is 21.0. The van der Waals surface area contributed by atoms with E-state index in [2.05, 4.69) is 153 Å². The molecule has 11 rings (SSSR count). The van der Waals surface area contributed by atoms with Crippen LogP contribution in [0.25, 0.3) is 33.4 Å². The molecule has 4 aliphatic heterocycles. The third kappa shape index (κ3) is 10.4. The molecule has 0 amide bonds. The highest BCUT2D eigenvalue weighted by Crippen LogP contribution is 2.56. The van der Waals surface area contributed by atoms with Gasteiger partial charge in [-0.05, 0) is 131 Å². The van der Waals surface area contributed by atoms with Crippen molar-refractivity contribution in [1.82, 2.24) is 55.0 Å². The zero-order valence-corrected chi connectivity index (χ0v) is 44.6. The first-order chi connectivity index (χ1) is 34.4. The van der Waals surface area contributed by atoms with Crippen LogP contribution >= 0.6 is 11.3 Å². The molecule has 12 heteroatoms. The predicted octanol–water partition coefficient (Wildman–Crippen LogP) is 11.1. The van der Waals surface area contributed by atoms with Crippen LogP contribution in [0.3, 0.4) is 0 Å². The smallest absolute Gasteiger partial charge is 0.115 e. The van der Waals surface area contributed by atoms with E-state index in [-0.39, 0.29) is 11.5 Å². The third-order valence-electron chi connectivity index (χ3n) is 17.4. The summed E-state index contributed by atoms with van der Waals surface area (Å²) in [5, 5.41) is 9.63. The quantitative estimate of drug-likeness (QED) is 0.0779. The van der Waals surface area contributed by atoms with Gasteiger partial charge in [0.1, 0.15) is 6.33 Å². The van der Waals surface area contributed by atoms with E-state index >= 15 is 0 Å². The summed E-state index contributed by atoms with van der Waals surface area (Å²) in [6, 6.07) is 15.0. The van der Waals surface area contributed by atoms with Crippen LogP contribution in [0.15, 0.2) is 103 Å². The van der Waals surface area contributed by atoms with Crippen molar-refractivity contribution in [2.45, 2.75) is 134 Å². The number of likely N-dealkylation sites (tertiary alicyclic amines) is 3. The first-order valence-electron chi connectivity index (χ1n) is 27.1. The summed E-state index contributed by atoms with van der Waals surface area (Å²) in [6.07, 6.45) is 19.6. The second-order valence-electron chi connectivity index (χ2n) is 23.0. The Morgan fingerprint density at radius 3 is 2.54 bits per heavy atom. The molecule has 5 aromatic rings. The van der Waals surface area contributed by atoms with Crippen LogP contribution in [0, 0.1) is 17.3 Å². The predicted molar refractivity (Wildman–Crippen MR) is 293 cm³/mol. The van der Waals surface area contributed by atoms with Crippen molar-refractivity contribution in [2.24, 2.45) is 17.3 Å². The lowest BCUT2D eigenvalue weighted by Gasteiger charge is -2.53. The normalized spacial score (nSPS) is 23.4. The summed E-state index contributed by atoms with van der Waals surface area (Å²) >= 11 is 1.66. The van der Waals surface area contributed by atoms with Gasteiger partial charge >= 0.3 is 0 Å². The molecule has 2 N–H and O–H groups in total. The number of benzene rings is 1. The standard InChI is InChI=1S/C34H42N4S.C25H39N7/c1-6-8-15-34(4,5)18-29-28-17-24(30-21-39-22-36-30)11-14-31(28)38(26-19-37(20-26)25-12-13-25)33(29)27-10-9-16-35-32(27)23(3)7-2;1-18-23(24(18)21-8-11-26-17-27-21)19(2)29-22(20(3)32-13-6-5-10-28-32)14-31-15-25(16-31)9-7-12-30(25)4/h6,9-11,14,16-17,21-23,25-26H,1,7-8,12-13,15,18-20H2,2-5H3;8,11,17-18,22-24,28-29H,2-3,5-7,9-10,12-16H2,1,4H3/t;18?,22?,23-,24?/m.0/s1. The number of aromatic nitrogens is 5. The van der Waals surface area contributed by atoms with Crippen molar-refractivity contribution in [3.8, 4) is 22.5 Å². The molecule has 1 spiro atoms. The van der Waals surface area contributed by atoms with Crippen molar-refractivity contribution in [3.63, 3.8) is 0 Å². The van der Waals surface area contributed by atoms with Gasteiger partial charge in [0.15, 0.2) is 0 Å². The Morgan fingerprint density at radius 1 is 1.03 bits per heavy atom. The first kappa shape index (κ1) is 49.8. The minimum atomic E-state index is 0.150. The van der Waals surface area contributed by atoms with Gasteiger partial charge < -0.3 is 14.9 Å². The number of nitrogens with zero attached hydrogens (tertiary/aromatic N) is 9. The van der Waals surface area contributed by atoms with E-state index in [1.165, 1.54) is 84.1 Å². The SMILES string of the molecule is C=C(NC(CN1CC2(CCCN2C)C1)C(=C)N1CCCCN1)[C@@H]1C(C)C1c1ccncn1.C=CCCC(C)(C)Cc1c(-c2cccnc2C(C)CC)n(C2CN(C3CC3)C2)c2ccc(-c3cscn3)cc12. The van der Waals surface area contributed by atoms with Crippen molar-refractivity contribution >= 4 is 22.2 Å². The number of likely N-dealkylation sites (N-methyl/N-ethyl adjacent to an activating group) is 1. The minimum Gasteiger partial charge on any atom is -0.379 e. The van der Waals surface area contributed by atoms with Crippen molar-refractivity contribution in [1.29, 1.82) is 0 Å². The Bertz CT molecular complexity index is 2630. The summed E-state index contributed by atoms with van der Waals surface area (Å²) in [5.74, 6) is 1.80. The molecule has 11 nitrogen and oxygen atoms in total. The molecule has 8 heterocycles. The maximum absolute atomic E-state index is 4.99. The second-order valence-corrected chi connectivity index (χ2v) is 23.7. The molecule has 1 aromatic carbocycles. The Balaban J connectivity index is 0.000000167. The Labute approximate surface area is 428 Å². The molecule has 71 heavy (non-hydrogen) atoms. The van der Waals surface area contributed by atoms with Crippen molar-refractivity contribution in [2.75, 3.05) is 59.4 Å². The number of pyridine rings is 1. The molecule has 6 aliphatic rings. The van der Waals surface area contributed by atoms with E-state index in [1.807, 2.05) is 24.0 Å². The molecule has 2 saturated carbocycles. The molecular formula is C59H81N11S. The molecule has 5 atom stereocenters. The topological polar surface area (TPSA) is 93.5 Å². The van der Waals surface area contributed by atoms with Gasteiger partial charge in [0, 0.05) is 126 Å². The summed E-state index contributed by atoms with van der Waals surface area (Å²) in [6.45, 7) is 33.7. The molecule has 2 aliphatic carbocycles. The zero-order chi connectivity index (χ0) is 49.4. The molecular weight excluding hydrogens is 895 g/mol. The molecule has 0 bridgehead atoms. The lowest BCUT2D eigenvalue weighted by molar-refractivity contribution is -0.0209. The van der Waals surface area contributed by atoms with Crippen LogP contribution in [0.1, 0.15) is 127 Å². The van der Waals surface area contributed by atoms with Crippen LogP contribution in [-0.2, 0) is 6.42 Å². The van der Waals surface area contributed by atoms with Crippen LogP contribution in [0.5, 0.6) is 0 Å².